The van der Waals surface area contributed by atoms with Crippen LogP contribution in [-0.4, -0.2) is 9.55 Å². The van der Waals surface area contributed by atoms with Gasteiger partial charge in [0, 0.05) is 28.0 Å². The van der Waals surface area contributed by atoms with Gasteiger partial charge in [-0.25, -0.2) is 4.98 Å². The summed E-state index contributed by atoms with van der Waals surface area (Å²) in [5.74, 6) is 0.800. The highest BCUT2D eigenvalue weighted by Crippen LogP contribution is 2.45. The molecule has 0 unspecified atom stereocenters. The van der Waals surface area contributed by atoms with E-state index in [2.05, 4.69) is 17.2 Å². The Morgan fingerprint density at radius 3 is 1.97 bits per heavy atom. The normalized spacial score (nSPS) is 11.5. The molecule has 32 heavy (non-hydrogen) atoms. The summed E-state index contributed by atoms with van der Waals surface area (Å²) in [7, 11) is -3.14. The third-order valence-corrected chi connectivity index (χ3v) is 8.81. The summed E-state index contributed by atoms with van der Waals surface area (Å²) in [6, 6.07) is 35.5. The quantitative estimate of drug-likeness (QED) is 0.260. The standard InChI is InChI=1S/C28H23N2OP/c1-2-21-30-26-19-11-10-18-25(26)29-28(30)24-17-9-12-20-27(24)32(31,22-13-5-3-6-14-22)23-15-7-4-8-16-23/h2-20H,1,21H2. The van der Waals surface area contributed by atoms with Gasteiger partial charge < -0.3 is 9.13 Å². The van der Waals surface area contributed by atoms with Crippen molar-refractivity contribution in [2.75, 3.05) is 0 Å². The number of nitrogens with zero attached hydrogens (tertiary/aromatic N) is 2. The highest BCUT2D eigenvalue weighted by atomic mass is 31.2. The molecule has 1 heterocycles. The predicted molar refractivity (Wildman–Crippen MR) is 135 cm³/mol. The van der Waals surface area contributed by atoms with E-state index in [1.165, 1.54) is 0 Å². The smallest absolute Gasteiger partial charge is 0.171 e. The van der Waals surface area contributed by atoms with Crippen LogP contribution in [0.25, 0.3) is 22.4 Å². The highest BCUT2D eigenvalue weighted by molar-refractivity contribution is 7.85. The van der Waals surface area contributed by atoms with Gasteiger partial charge in [-0.2, -0.15) is 0 Å². The average Bonchev–Trinajstić information content (AvgIpc) is 3.23. The number of fused-ring (bicyclic) bond motifs is 1. The minimum Gasteiger partial charge on any atom is -0.320 e. The summed E-state index contributed by atoms with van der Waals surface area (Å²) in [5, 5.41) is 2.41. The Kier molecular flexibility index (Phi) is 5.34. The second kappa shape index (κ2) is 8.45. The summed E-state index contributed by atoms with van der Waals surface area (Å²) < 4.78 is 17.2. The van der Waals surface area contributed by atoms with Crippen LogP contribution in [0.2, 0.25) is 0 Å². The fourth-order valence-corrected chi connectivity index (χ4v) is 7.08. The van der Waals surface area contributed by atoms with E-state index in [0.29, 0.717) is 6.54 Å². The summed E-state index contributed by atoms with van der Waals surface area (Å²) in [6.45, 7) is 4.56. The van der Waals surface area contributed by atoms with E-state index in [1.54, 1.807) is 0 Å². The molecule has 0 saturated carbocycles. The fraction of sp³-hybridized carbons (Fsp3) is 0.0357. The molecule has 0 radical (unpaired) electrons. The minimum absolute atomic E-state index is 0.616. The van der Waals surface area contributed by atoms with Gasteiger partial charge in [0.25, 0.3) is 0 Å². The van der Waals surface area contributed by atoms with E-state index in [4.69, 9.17) is 4.98 Å². The molecule has 4 aromatic carbocycles. The van der Waals surface area contributed by atoms with E-state index in [0.717, 1.165) is 38.3 Å². The van der Waals surface area contributed by atoms with Gasteiger partial charge in [-0.05, 0) is 12.1 Å². The molecule has 0 amide bonds. The molecule has 3 nitrogen and oxygen atoms in total. The van der Waals surface area contributed by atoms with Crippen molar-refractivity contribution in [3.8, 4) is 11.4 Å². The monoisotopic (exact) mass is 434 g/mol. The Labute approximate surface area is 188 Å². The zero-order chi connectivity index (χ0) is 22.0. The van der Waals surface area contributed by atoms with Crippen LogP contribution in [0.4, 0.5) is 0 Å². The number of para-hydroxylation sites is 2. The molecule has 1 aromatic heterocycles. The van der Waals surface area contributed by atoms with Crippen molar-refractivity contribution >= 4 is 34.1 Å². The molecule has 0 spiro atoms. The molecule has 0 aliphatic carbocycles. The molecule has 0 atom stereocenters. The molecule has 156 valence electrons. The lowest BCUT2D eigenvalue weighted by atomic mass is 10.2. The number of benzene rings is 4. The summed E-state index contributed by atoms with van der Waals surface area (Å²) in [5.41, 5.74) is 2.82. The molecule has 4 heteroatoms. The Hall–Kier alpha value is -3.68. The predicted octanol–water partition coefficient (Wildman–Crippen LogP) is 5.53. The zero-order valence-electron chi connectivity index (χ0n) is 17.6. The second-order valence-electron chi connectivity index (χ2n) is 7.62. The number of rotatable bonds is 6. The fourth-order valence-electron chi connectivity index (χ4n) is 4.24. The summed E-state index contributed by atoms with van der Waals surface area (Å²) in [6.07, 6.45) is 1.87. The van der Waals surface area contributed by atoms with E-state index >= 15 is 4.57 Å². The average molecular weight is 434 g/mol. The maximum Gasteiger partial charge on any atom is 0.171 e. The van der Waals surface area contributed by atoms with Crippen molar-refractivity contribution in [2.24, 2.45) is 0 Å². The Morgan fingerprint density at radius 1 is 0.750 bits per heavy atom. The molecule has 0 aliphatic rings. The number of allylic oxidation sites excluding steroid dienone is 1. The number of hydrogen-bond acceptors (Lipinski definition) is 2. The van der Waals surface area contributed by atoms with Gasteiger partial charge in [0.15, 0.2) is 7.14 Å². The van der Waals surface area contributed by atoms with Crippen LogP contribution in [0.15, 0.2) is 122 Å². The van der Waals surface area contributed by atoms with Crippen molar-refractivity contribution in [1.82, 2.24) is 9.55 Å². The summed E-state index contributed by atoms with van der Waals surface area (Å²) in [4.78, 5) is 4.96. The van der Waals surface area contributed by atoms with Gasteiger partial charge in [-0.3, -0.25) is 0 Å². The summed E-state index contributed by atoms with van der Waals surface area (Å²) >= 11 is 0. The van der Waals surface area contributed by atoms with Crippen molar-refractivity contribution in [1.29, 1.82) is 0 Å². The first kappa shape index (κ1) is 20.2. The second-order valence-corrected chi connectivity index (χ2v) is 10.4. The van der Waals surface area contributed by atoms with Gasteiger partial charge in [-0.15, -0.1) is 6.58 Å². The van der Waals surface area contributed by atoms with E-state index in [9.17, 15) is 0 Å². The van der Waals surface area contributed by atoms with Crippen LogP contribution in [-0.2, 0) is 11.1 Å². The molecular formula is C28H23N2OP. The van der Waals surface area contributed by atoms with E-state index in [-0.39, 0.29) is 0 Å². The Bertz CT molecular complexity index is 1400. The molecule has 0 N–H and O–H groups in total. The molecule has 0 bridgehead atoms. The lowest BCUT2D eigenvalue weighted by molar-refractivity contribution is 0.592. The van der Waals surface area contributed by atoms with Crippen LogP contribution in [0.5, 0.6) is 0 Å². The van der Waals surface area contributed by atoms with Crippen LogP contribution >= 0.6 is 7.14 Å². The molecule has 0 aliphatic heterocycles. The number of imidazole rings is 1. The number of aromatic nitrogens is 2. The molecule has 0 fully saturated rings. The van der Waals surface area contributed by atoms with Crippen molar-refractivity contribution in [3.63, 3.8) is 0 Å². The molecule has 5 rings (SSSR count). The van der Waals surface area contributed by atoms with Gasteiger partial charge in [0.05, 0.1) is 11.0 Å². The largest absolute Gasteiger partial charge is 0.320 e. The van der Waals surface area contributed by atoms with Gasteiger partial charge >= 0.3 is 0 Å². The highest BCUT2D eigenvalue weighted by Gasteiger charge is 2.33. The SMILES string of the molecule is C=CCn1c(-c2ccccc2P(=O)(c2ccccc2)c2ccccc2)nc2ccccc21. The number of hydrogen-bond donors (Lipinski definition) is 0. The third-order valence-electron chi connectivity index (χ3n) is 5.69. The lowest BCUT2D eigenvalue weighted by Gasteiger charge is -2.22. The molecular weight excluding hydrogens is 411 g/mol. The minimum atomic E-state index is -3.14. The van der Waals surface area contributed by atoms with E-state index in [1.807, 2.05) is 109 Å². The van der Waals surface area contributed by atoms with Crippen molar-refractivity contribution in [3.05, 3.63) is 122 Å². The van der Waals surface area contributed by atoms with Crippen LogP contribution in [0.3, 0.4) is 0 Å². The van der Waals surface area contributed by atoms with E-state index < -0.39 is 7.14 Å². The van der Waals surface area contributed by atoms with Gasteiger partial charge in [0.1, 0.15) is 5.82 Å². The molecule has 0 saturated heterocycles. The topological polar surface area (TPSA) is 34.9 Å². The first-order valence-corrected chi connectivity index (χ1v) is 12.3. The van der Waals surface area contributed by atoms with Crippen molar-refractivity contribution < 1.29 is 4.57 Å². The van der Waals surface area contributed by atoms with Crippen LogP contribution in [0.1, 0.15) is 0 Å². The Morgan fingerprint density at radius 2 is 1.31 bits per heavy atom. The van der Waals surface area contributed by atoms with Gasteiger partial charge in [0.2, 0.25) is 0 Å². The first-order chi connectivity index (χ1) is 15.7. The van der Waals surface area contributed by atoms with Gasteiger partial charge in [-0.1, -0.05) is 103 Å². The maximum absolute atomic E-state index is 15.0. The molecule has 5 aromatic rings. The lowest BCUT2D eigenvalue weighted by Crippen LogP contribution is -2.26. The van der Waals surface area contributed by atoms with Crippen LogP contribution < -0.4 is 15.9 Å². The maximum atomic E-state index is 15.0. The third kappa shape index (κ3) is 3.32. The van der Waals surface area contributed by atoms with Crippen molar-refractivity contribution in [2.45, 2.75) is 6.54 Å². The van der Waals surface area contributed by atoms with Crippen LogP contribution in [0, 0.1) is 0 Å². The Balaban J connectivity index is 1.84. The zero-order valence-corrected chi connectivity index (χ0v) is 18.5. The first-order valence-electron chi connectivity index (χ1n) is 10.6.